The van der Waals surface area contributed by atoms with Gasteiger partial charge in [0.25, 0.3) is 0 Å². The number of carbonyl (C=O) groups is 1. The molecule has 0 atom stereocenters. The van der Waals surface area contributed by atoms with Gasteiger partial charge in [0.15, 0.2) is 5.96 Å². The maximum Gasteiger partial charge on any atom is 0.409 e. The van der Waals surface area contributed by atoms with E-state index in [4.69, 9.17) is 14.1 Å². The van der Waals surface area contributed by atoms with Crippen LogP contribution in [-0.4, -0.2) is 61.2 Å². The second-order valence-electron chi connectivity index (χ2n) is 6.15. The largest absolute Gasteiger partial charge is 0.469 e. The lowest BCUT2D eigenvalue weighted by Crippen LogP contribution is -2.54. The maximum atomic E-state index is 11.9. The summed E-state index contributed by atoms with van der Waals surface area (Å²) in [7, 11) is 0. The number of aliphatic imine (C=N–C) groups is 1. The van der Waals surface area contributed by atoms with Crippen LogP contribution < -0.4 is 5.32 Å². The Balaban J connectivity index is 1.57. The minimum absolute atomic E-state index is 0.236. The second-order valence-corrected chi connectivity index (χ2v) is 7.18. The standard InChI is InChI=1S/C19H26N4O3S/c1-2-25-19(24)23-11-9-22(10-12-23)18(21-15-17-6-4-14-27-17)20-8-7-16-5-3-13-26-16/h3-6,13-14H,2,7-12,15H2,1H3,(H,20,21). The van der Waals surface area contributed by atoms with Crippen LogP contribution in [0.15, 0.2) is 45.3 Å². The van der Waals surface area contributed by atoms with Crippen molar-refractivity contribution in [3.63, 3.8) is 0 Å². The van der Waals surface area contributed by atoms with E-state index in [9.17, 15) is 4.79 Å². The summed E-state index contributed by atoms with van der Waals surface area (Å²) < 4.78 is 10.5. The van der Waals surface area contributed by atoms with Crippen LogP contribution in [0.5, 0.6) is 0 Å². The minimum atomic E-state index is -0.236. The van der Waals surface area contributed by atoms with Gasteiger partial charge in [-0.05, 0) is 30.5 Å². The van der Waals surface area contributed by atoms with Crippen LogP contribution in [-0.2, 0) is 17.7 Å². The van der Waals surface area contributed by atoms with E-state index in [0.29, 0.717) is 26.2 Å². The number of hydrogen-bond donors (Lipinski definition) is 1. The van der Waals surface area contributed by atoms with Gasteiger partial charge in [0.1, 0.15) is 5.76 Å². The van der Waals surface area contributed by atoms with Gasteiger partial charge in [-0.1, -0.05) is 6.07 Å². The summed E-state index contributed by atoms with van der Waals surface area (Å²) in [5.74, 6) is 1.82. The first-order valence-corrected chi connectivity index (χ1v) is 10.1. The topological polar surface area (TPSA) is 70.3 Å². The van der Waals surface area contributed by atoms with E-state index in [1.165, 1.54) is 4.88 Å². The Morgan fingerprint density at radius 1 is 1.26 bits per heavy atom. The predicted molar refractivity (Wildman–Crippen MR) is 106 cm³/mol. The van der Waals surface area contributed by atoms with Gasteiger partial charge < -0.3 is 24.3 Å². The lowest BCUT2D eigenvalue weighted by atomic mass is 10.3. The normalized spacial score (nSPS) is 15.1. The van der Waals surface area contributed by atoms with E-state index in [0.717, 1.165) is 37.8 Å². The van der Waals surface area contributed by atoms with E-state index in [1.807, 2.05) is 25.1 Å². The molecule has 1 N–H and O–H groups in total. The summed E-state index contributed by atoms with van der Waals surface area (Å²) in [6.07, 6.45) is 2.25. The Labute approximate surface area is 163 Å². The molecule has 3 heterocycles. The molecular weight excluding hydrogens is 364 g/mol. The summed E-state index contributed by atoms with van der Waals surface area (Å²) in [4.78, 5) is 21.9. The number of nitrogens with one attached hydrogen (secondary N) is 1. The Kier molecular flexibility index (Phi) is 7.15. The smallest absolute Gasteiger partial charge is 0.409 e. The highest BCUT2D eigenvalue weighted by Crippen LogP contribution is 2.11. The highest BCUT2D eigenvalue weighted by molar-refractivity contribution is 7.09. The van der Waals surface area contributed by atoms with Crippen molar-refractivity contribution in [2.75, 3.05) is 39.3 Å². The van der Waals surface area contributed by atoms with E-state index in [1.54, 1.807) is 22.5 Å². The molecule has 1 amide bonds. The fraction of sp³-hybridized carbons (Fsp3) is 0.474. The van der Waals surface area contributed by atoms with Crippen LogP contribution in [0.25, 0.3) is 0 Å². The van der Waals surface area contributed by atoms with E-state index < -0.39 is 0 Å². The first kappa shape index (κ1) is 19.3. The van der Waals surface area contributed by atoms with Crippen molar-refractivity contribution in [3.05, 3.63) is 46.5 Å². The molecule has 146 valence electrons. The second kappa shape index (κ2) is 10.0. The molecule has 3 rings (SSSR count). The van der Waals surface area contributed by atoms with Crippen LogP contribution in [0.2, 0.25) is 0 Å². The van der Waals surface area contributed by atoms with Crippen molar-refractivity contribution in [3.8, 4) is 0 Å². The van der Waals surface area contributed by atoms with Gasteiger partial charge in [-0.2, -0.15) is 0 Å². The van der Waals surface area contributed by atoms with Gasteiger partial charge in [-0.25, -0.2) is 9.79 Å². The lowest BCUT2D eigenvalue weighted by molar-refractivity contribution is 0.0914. The average molecular weight is 391 g/mol. The Morgan fingerprint density at radius 2 is 2.07 bits per heavy atom. The van der Waals surface area contributed by atoms with Crippen molar-refractivity contribution in [1.29, 1.82) is 0 Å². The molecule has 1 fully saturated rings. The van der Waals surface area contributed by atoms with Crippen LogP contribution >= 0.6 is 11.3 Å². The van der Waals surface area contributed by atoms with Crippen LogP contribution in [0, 0.1) is 0 Å². The van der Waals surface area contributed by atoms with Gasteiger partial charge >= 0.3 is 6.09 Å². The molecule has 0 bridgehead atoms. The Bertz CT molecular complexity index is 707. The minimum Gasteiger partial charge on any atom is -0.469 e. The molecule has 0 unspecified atom stereocenters. The Hall–Kier alpha value is -2.48. The molecule has 0 aliphatic carbocycles. The number of carbonyl (C=O) groups excluding carboxylic acids is 1. The molecule has 1 saturated heterocycles. The molecule has 2 aromatic rings. The molecular formula is C19H26N4O3S. The lowest BCUT2D eigenvalue weighted by Gasteiger charge is -2.36. The summed E-state index contributed by atoms with van der Waals surface area (Å²) >= 11 is 1.71. The number of hydrogen-bond acceptors (Lipinski definition) is 5. The molecule has 1 aliphatic rings. The van der Waals surface area contributed by atoms with E-state index in [2.05, 4.69) is 21.7 Å². The third kappa shape index (κ3) is 5.75. The van der Waals surface area contributed by atoms with E-state index >= 15 is 0 Å². The van der Waals surface area contributed by atoms with Crippen molar-refractivity contribution in [2.45, 2.75) is 19.9 Å². The quantitative estimate of drug-likeness (QED) is 0.607. The predicted octanol–water partition coefficient (Wildman–Crippen LogP) is 2.80. The Morgan fingerprint density at radius 3 is 2.74 bits per heavy atom. The molecule has 8 heteroatoms. The molecule has 1 aliphatic heterocycles. The van der Waals surface area contributed by atoms with Crippen LogP contribution in [0.3, 0.4) is 0 Å². The molecule has 27 heavy (non-hydrogen) atoms. The fourth-order valence-corrected chi connectivity index (χ4v) is 3.52. The summed E-state index contributed by atoms with van der Waals surface area (Å²) in [5, 5.41) is 5.51. The number of nitrogens with zero attached hydrogens (tertiary/aromatic N) is 3. The third-order valence-corrected chi connectivity index (χ3v) is 5.17. The molecule has 0 spiro atoms. The van der Waals surface area contributed by atoms with Crippen LogP contribution in [0.1, 0.15) is 17.6 Å². The average Bonchev–Trinajstić information content (AvgIpc) is 3.39. The number of thiophene rings is 1. The molecule has 7 nitrogen and oxygen atoms in total. The number of amides is 1. The molecule has 0 aromatic carbocycles. The number of furan rings is 1. The van der Waals surface area contributed by atoms with Gasteiger partial charge in [-0.3, -0.25) is 0 Å². The summed E-state index contributed by atoms with van der Waals surface area (Å²) in [6.45, 7) is 6.36. The monoisotopic (exact) mass is 390 g/mol. The fourth-order valence-electron chi connectivity index (χ4n) is 2.89. The number of rotatable bonds is 6. The first-order valence-electron chi connectivity index (χ1n) is 9.26. The molecule has 0 radical (unpaired) electrons. The van der Waals surface area contributed by atoms with Crippen LogP contribution in [0.4, 0.5) is 4.79 Å². The van der Waals surface area contributed by atoms with Crippen molar-refractivity contribution < 1.29 is 13.9 Å². The van der Waals surface area contributed by atoms with Gasteiger partial charge in [0.2, 0.25) is 0 Å². The number of guanidine groups is 1. The third-order valence-electron chi connectivity index (χ3n) is 4.30. The van der Waals surface area contributed by atoms with Crippen molar-refractivity contribution in [1.82, 2.24) is 15.1 Å². The zero-order valence-electron chi connectivity index (χ0n) is 15.6. The highest BCUT2D eigenvalue weighted by Gasteiger charge is 2.23. The zero-order valence-corrected chi connectivity index (χ0v) is 16.4. The van der Waals surface area contributed by atoms with Gasteiger partial charge in [0.05, 0.1) is 19.4 Å². The van der Waals surface area contributed by atoms with Gasteiger partial charge in [0, 0.05) is 44.0 Å². The maximum absolute atomic E-state index is 11.9. The molecule has 0 saturated carbocycles. The van der Waals surface area contributed by atoms with Crippen molar-refractivity contribution >= 4 is 23.4 Å². The number of piperazine rings is 1. The zero-order chi connectivity index (χ0) is 18.9. The highest BCUT2D eigenvalue weighted by atomic mass is 32.1. The SMILES string of the molecule is CCOC(=O)N1CCN(C(=NCc2cccs2)NCCc2ccco2)CC1. The van der Waals surface area contributed by atoms with Crippen molar-refractivity contribution in [2.24, 2.45) is 4.99 Å². The molecule has 2 aromatic heterocycles. The number of ether oxygens (including phenoxy) is 1. The first-order chi connectivity index (χ1) is 13.3. The summed E-state index contributed by atoms with van der Waals surface area (Å²) in [6, 6.07) is 8.00. The van der Waals surface area contributed by atoms with E-state index in [-0.39, 0.29) is 6.09 Å². The summed E-state index contributed by atoms with van der Waals surface area (Å²) in [5.41, 5.74) is 0. The van der Waals surface area contributed by atoms with Gasteiger partial charge in [-0.15, -0.1) is 11.3 Å².